The fourth-order valence-corrected chi connectivity index (χ4v) is 3.56. The molecule has 0 saturated carbocycles. The van der Waals surface area contributed by atoms with Gasteiger partial charge in [-0.3, -0.25) is 14.9 Å². The SMILES string of the molecule is CCOC(=O)Nc1cccc(Cn2nc(-c3ccc(CNC(=O)CCCN(C)C)cc3)ccc2=O)c1. The quantitative estimate of drug-likeness (QED) is 0.425. The van der Waals surface area contributed by atoms with Gasteiger partial charge in [-0.05, 0) is 63.3 Å². The van der Waals surface area contributed by atoms with E-state index in [1.807, 2.05) is 44.4 Å². The van der Waals surface area contributed by atoms with Crippen LogP contribution in [0.3, 0.4) is 0 Å². The highest BCUT2D eigenvalue weighted by Gasteiger charge is 2.08. The second-order valence-electron chi connectivity index (χ2n) is 8.64. The molecular formula is C27H33N5O4. The molecule has 0 fully saturated rings. The maximum atomic E-state index is 12.4. The summed E-state index contributed by atoms with van der Waals surface area (Å²) < 4.78 is 6.30. The molecule has 0 unspecified atom stereocenters. The van der Waals surface area contributed by atoms with E-state index in [-0.39, 0.29) is 24.6 Å². The lowest BCUT2D eigenvalue weighted by Gasteiger charge is -2.11. The van der Waals surface area contributed by atoms with Crippen LogP contribution in [0.2, 0.25) is 0 Å². The monoisotopic (exact) mass is 491 g/mol. The number of hydrogen-bond donors (Lipinski definition) is 2. The number of ether oxygens (including phenoxy) is 1. The molecule has 0 aliphatic rings. The average molecular weight is 492 g/mol. The number of nitrogens with one attached hydrogen (secondary N) is 2. The maximum Gasteiger partial charge on any atom is 0.411 e. The summed E-state index contributed by atoms with van der Waals surface area (Å²) in [5.74, 6) is 0.0381. The Balaban J connectivity index is 1.63. The van der Waals surface area contributed by atoms with Gasteiger partial charge >= 0.3 is 6.09 Å². The van der Waals surface area contributed by atoms with Crippen molar-refractivity contribution in [3.8, 4) is 11.3 Å². The van der Waals surface area contributed by atoms with Crippen LogP contribution >= 0.6 is 0 Å². The molecule has 2 aromatic carbocycles. The predicted molar refractivity (Wildman–Crippen MR) is 140 cm³/mol. The second kappa shape index (κ2) is 13.2. The predicted octanol–water partition coefficient (Wildman–Crippen LogP) is 3.49. The van der Waals surface area contributed by atoms with Crippen LogP contribution in [0, 0.1) is 0 Å². The summed E-state index contributed by atoms with van der Waals surface area (Å²) in [7, 11) is 3.98. The summed E-state index contributed by atoms with van der Waals surface area (Å²) in [5, 5.41) is 10.1. The smallest absolute Gasteiger partial charge is 0.411 e. The number of carbonyl (C=O) groups is 2. The molecule has 36 heavy (non-hydrogen) atoms. The molecule has 3 aromatic rings. The summed E-state index contributed by atoms with van der Waals surface area (Å²) in [4.78, 5) is 38.2. The minimum Gasteiger partial charge on any atom is -0.450 e. The Morgan fingerprint density at radius 3 is 2.53 bits per heavy atom. The Morgan fingerprint density at radius 1 is 1.03 bits per heavy atom. The summed E-state index contributed by atoms with van der Waals surface area (Å²) in [6, 6.07) is 18.1. The van der Waals surface area contributed by atoms with Gasteiger partial charge < -0.3 is 15.0 Å². The molecule has 0 atom stereocenters. The van der Waals surface area contributed by atoms with E-state index in [4.69, 9.17) is 4.74 Å². The first kappa shape index (κ1) is 26.6. The summed E-state index contributed by atoms with van der Waals surface area (Å²) in [6.45, 7) is 3.62. The molecule has 0 saturated heterocycles. The summed E-state index contributed by atoms with van der Waals surface area (Å²) >= 11 is 0. The van der Waals surface area contributed by atoms with Gasteiger partial charge in [0, 0.05) is 30.3 Å². The highest BCUT2D eigenvalue weighted by Crippen LogP contribution is 2.17. The molecule has 0 bridgehead atoms. The van der Waals surface area contributed by atoms with Crippen LogP contribution in [0.4, 0.5) is 10.5 Å². The van der Waals surface area contributed by atoms with E-state index in [1.54, 1.807) is 31.2 Å². The van der Waals surface area contributed by atoms with Crippen molar-refractivity contribution in [3.05, 3.63) is 82.1 Å². The first-order valence-electron chi connectivity index (χ1n) is 12.0. The Hall–Kier alpha value is -3.98. The Morgan fingerprint density at radius 2 is 1.81 bits per heavy atom. The molecule has 9 heteroatoms. The molecule has 0 radical (unpaired) electrons. The number of amides is 2. The van der Waals surface area contributed by atoms with Crippen LogP contribution in [-0.2, 0) is 22.6 Å². The van der Waals surface area contributed by atoms with Crippen molar-refractivity contribution in [2.75, 3.05) is 32.6 Å². The molecule has 2 amide bonds. The molecule has 0 aliphatic carbocycles. The van der Waals surface area contributed by atoms with Gasteiger partial charge in [-0.25, -0.2) is 9.48 Å². The van der Waals surface area contributed by atoms with E-state index in [9.17, 15) is 14.4 Å². The first-order valence-corrected chi connectivity index (χ1v) is 12.0. The number of aromatic nitrogens is 2. The van der Waals surface area contributed by atoms with Crippen LogP contribution in [-0.4, -0.2) is 53.9 Å². The van der Waals surface area contributed by atoms with E-state index in [1.165, 1.54) is 10.7 Å². The van der Waals surface area contributed by atoms with Crippen molar-refractivity contribution >= 4 is 17.7 Å². The minimum atomic E-state index is -0.528. The lowest BCUT2D eigenvalue weighted by atomic mass is 10.1. The number of rotatable bonds is 11. The van der Waals surface area contributed by atoms with Gasteiger partial charge in [0.1, 0.15) is 0 Å². The van der Waals surface area contributed by atoms with Crippen molar-refractivity contribution in [1.82, 2.24) is 20.0 Å². The van der Waals surface area contributed by atoms with Crippen LogP contribution in [0.5, 0.6) is 0 Å². The van der Waals surface area contributed by atoms with Gasteiger partial charge in [-0.2, -0.15) is 5.10 Å². The zero-order valence-electron chi connectivity index (χ0n) is 21.0. The normalized spacial score (nSPS) is 10.8. The van der Waals surface area contributed by atoms with E-state index >= 15 is 0 Å². The topological polar surface area (TPSA) is 106 Å². The fraction of sp³-hybridized carbons (Fsp3) is 0.333. The molecule has 2 N–H and O–H groups in total. The third-order valence-corrected chi connectivity index (χ3v) is 5.40. The number of carbonyl (C=O) groups excluding carboxylic acids is 2. The van der Waals surface area contributed by atoms with Crippen LogP contribution in [0.15, 0.2) is 65.5 Å². The standard InChI is InChI=1S/C27H33N5O4/c1-4-36-27(35)29-23-8-5-7-21(17-23)19-32-26(34)15-14-24(30-32)22-12-10-20(11-13-22)18-28-25(33)9-6-16-31(2)3/h5,7-8,10-15,17H,4,6,9,16,18-19H2,1-3H3,(H,28,33)(H,29,35). The van der Waals surface area contributed by atoms with Crippen LogP contribution in [0.25, 0.3) is 11.3 Å². The summed E-state index contributed by atoms with van der Waals surface area (Å²) in [5.41, 5.74) is 3.68. The summed E-state index contributed by atoms with van der Waals surface area (Å²) in [6.07, 6.45) is 0.800. The molecule has 190 valence electrons. The highest BCUT2D eigenvalue weighted by atomic mass is 16.5. The second-order valence-corrected chi connectivity index (χ2v) is 8.64. The van der Waals surface area contributed by atoms with Crippen molar-refractivity contribution < 1.29 is 14.3 Å². The van der Waals surface area contributed by atoms with Gasteiger partial charge in [-0.15, -0.1) is 0 Å². The Labute approximate surface area is 211 Å². The van der Waals surface area contributed by atoms with E-state index in [2.05, 4.69) is 20.6 Å². The molecule has 0 aliphatic heterocycles. The molecule has 1 heterocycles. The van der Waals surface area contributed by atoms with Crippen molar-refractivity contribution in [2.24, 2.45) is 0 Å². The number of nitrogens with zero attached hydrogens (tertiary/aromatic N) is 3. The third-order valence-electron chi connectivity index (χ3n) is 5.40. The molecule has 9 nitrogen and oxygen atoms in total. The molecule has 0 spiro atoms. The van der Waals surface area contributed by atoms with Crippen LogP contribution < -0.4 is 16.2 Å². The van der Waals surface area contributed by atoms with Crippen molar-refractivity contribution in [1.29, 1.82) is 0 Å². The molecular weight excluding hydrogens is 458 g/mol. The Kier molecular flexibility index (Phi) is 9.76. The first-order chi connectivity index (χ1) is 17.3. The molecule has 3 rings (SSSR count). The van der Waals surface area contributed by atoms with Crippen molar-refractivity contribution in [3.63, 3.8) is 0 Å². The Bertz CT molecular complexity index is 1220. The van der Waals surface area contributed by atoms with Gasteiger partial charge in [0.2, 0.25) is 5.91 Å². The molecule has 1 aromatic heterocycles. The minimum absolute atomic E-state index is 0.0381. The van der Waals surface area contributed by atoms with Gasteiger partial charge in [0.05, 0.1) is 18.8 Å². The van der Waals surface area contributed by atoms with Crippen LogP contribution in [0.1, 0.15) is 30.9 Å². The average Bonchev–Trinajstić information content (AvgIpc) is 2.84. The highest BCUT2D eigenvalue weighted by molar-refractivity contribution is 5.84. The lowest BCUT2D eigenvalue weighted by molar-refractivity contribution is -0.121. The maximum absolute atomic E-state index is 12.4. The van der Waals surface area contributed by atoms with E-state index in [0.29, 0.717) is 24.3 Å². The third kappa shape index (κ3) is 8.35. The van der Waals surface area contributed by atoms with Gasteiger partial charge in [-0.1, -0.05) is 36.4 Å². The van der Waals surface area contributed by atoms with Gasteiger partial charge in [0.25, 0.3) is 5.56 Å². The van der Waals surface area contributed by atoms with E-state index < -0.39 is 6.09 Å². The number of benzene rings is 2. The fourth-order valence-electron chi connectivity index (χ4n) is 3.56. The zero-order chi connectivity index (χ0) is 25.9. The zero-order valence-corrected chi connectivity index (χ0v) is 21.0. The number of hydrogen-bond acceptors (Lipinski definition) is 6. The lowest BCUT2D eigenvalue weighted by Crippen LogP contribution is -2.24. The van der Waals surface area contributed by atoms with Gasteiger partial charge in [0.15, 0.2) is 0 Å². The van der Waals surface area contributed by atoms with Crippen molar-refractivity contribution in [2.45, 2.75) is 32.9 Å². The number of anilines is 1. The largest absolute Gasteiger partial charge is 0.450 e. The van der Waals surface area contributed by atoms with E-state index in [0.717, 1.165) is 29.7 Å².